The summed E-state index contributed by atoms with van der Waals surface area (Å²) in [5, 5.41) is 0. The van der Waals surface area contributed by atoms with Crippen LogP contribution in [-0.4, -0.2) is 48.6 Å². The number of hydrogen-bond donors (Lipinski definition) is 0. The van der Waals surface area contributed by atoms with Gasteiger partial charge in [-0.3, -0.25) is 9.78 Å². The van der Waals surface area contributed by atoms with Gasteiger partial charge in [-0.25, -0.2) is 0 Å². The number of rotatable bonds is 3. The summed E-state index contributed by atoms with van der Waals surface area (Å²) < 4.78 is 5.75. The molecule has 2 fully saturated rings. The fourth-order valence-electron chi connectivity index (χ4n) is 3.78. The third-order valence-electron chi connectivity index (χ3n) is 5.20. The molecule has 1 amide bonds. The first-order chi connectivity index (χ1) is 12.7. The Morgan fingerprint density at radius 1 is 1.19 bits per heavy atom. The Balaban J connectivity index is 1.42. The summed E-state index contributed by atoms with van der Waals surface area (Å²) in [6.45, 7) is 6.33. The topological polar surface area (TPSA) is 45.7 Å². The molecule has 4 heterocycles. The van der Waals surface area contributed by atoms with Crippen molar-refractivity contribution in [1.29, 1.82) is 0 Å². The van der Waals surface area contributed by atoms with Crippen LogP contribution in [0.1, 0.15) is 45.5 Å². The third-order valence-corrected chi connectivity index (χ3v) is 6.36. The molecule has 138 valence electrons. The van der Waals surface area contributed by atoms with E-state index < -0.39 is 0 Å². The largest absolute Gasteiger partial charge is 0.373 e. The molecule has 0 aromatic carbocycles. The Labute approximate surface area is 158 Å². The van der Waals surface area contributed by atoms with E-state index in [0.29, 0.717) is 0 Å². The highest BCUT2D eigenvalue weighted by molar-refractivity contribution is 7.14. The van der Waals surface area contributed by atoms with Crippen molar-refractivity contribution in [1.82, 2.24) is 9.88 Å². The van der Waals surface area contributed by atoms with Crippen molar-refractivity contribution in [2.75, 3.05) is 37.7 Å². The fourth-order valence-corrected chi connectivity index (χ4v) is 4.84. The maximum Gasteiger partial charge on any atom is 0.263 e. The summed E-state index contributed by atoms with van der Waals surface area (Å²) in [6, 6.07) is 6.11. The number of ether oxygens (including phenoxy) is 1. The molecule has 2 aliphatic rings. The highest BCUT2D eigenvalue weighted by Gasteiger charge is 2.25. The van der Waals surface area contributed by atoms with Gasteiger partial charge in [-0.05, 0) is 49.9 Å². The molecule has 6 heteroatoms. The van der Waals surface area contributed by atoms with Crippen LogP contribution in [0.5, 0.6) is 0 Å². The van der Waals surface area contributed by atoms with Crippen LogP contribution in [0.2, 0.25) is 0 Å². The predicted octanol–water partition coefficient (Wildman–Crippen LogP) is 3.66. The number of carbonyl (C=O) groups excluding carboxylic acids is 1. The highest BCUT2D eigenvalue weighted by Crippen LogP contribution is 2.33. The minimum Gasteiger partial charge on any atom is -0.373 e. The Morgan fingerprint density at radius 3 is 2.92 bits per heavy atom. The summed E-state index contributed by atoms with van der Waals surface area (Å²) >= 11 is 1.60. The van der Waals surface area contributed by atoms with Gasteiger partial charge >= 0.3 is 0 Å². The van der Waals surface area contributed by atoms with Crippen molar-refractivity contribution in [2.24, 2.45) is 0 Å². The molecule has 1 atom stereocenters. The van der Waals surface area contributed by atoms with Crippen LogP contribution in [-0.2, 0) is 4.74 Å². The van der Waals surface area contributed by atoms with Gasteiger partial charge in [-0.1, -0.05) is 0 Å². The SMILES string of the molecule is Cc1cnccc1N1CCCN(C(=O)c2ccc([C@H]3CCCO3)s2)CC1. The smallest absolute Gasteiger partial charge is 0.263 e. The van der Waals surface area contributed by atoms with Crippen molar-refractivity contribution < 1.29 is 9.53 Å². The van der Waals surface area contributed by atoms with E-state index >= 15 is 0 Å². The minimum absolute atomic E-state index is 0.160. The minimum atomic E-state index is 0.160. The van der Waals surface area contributed by atoms with Gasteiger partial charge in [-0.15, -0.1) is 11.3 Å². The van der Waals surface area contributed by atoms with E-state index in [1.807, 2.05) is 23.4 Å². The van der Waals surface area contributed by atoms with Gasteiger partial charge in [0.2, 0.25) is 0 Å². The molecule has 2 aliphatic heterocycles. The standard InChI is InChI=1S/C20H25N3O2S/c1-15-14-21-8-7-16(15)22-9-3-10-23(12-11-22)20(24)19-6-5-18(26-19)17-4-2-13-25-17/h5-8,14,17H,2-4,9-13H2,1H3/t17-/m1/s1. The van der Waals surface area contributed by atoms with Gasteiger partial charge in [0, 0.05) is 55.7 Å². The molecular weight excluding hydrogens is 346 g/mol. The Kier molecular flexibility index (Phi) is 5.22. The van der Waals surface area contributed by atoms with Crippen molar-refractivity contribution in [3.8, 4) is 0 Å². The predicted molar refractivity (Wildman–Crippen MR) is 104 cm³/mol. The molecular formula is C20H25N3O2S. The molecule has 0 aliphatic carbocycles. The Morgan fingerprint density at radius 2 is 2.12 bits per heavy atom. The third kappa shape index (κ3) is 3.62. The molecule has 2 aromatic heterocycles. The van der Waals surface area contributed by atoms with E-state index in [1.165, 1.54) is 16.1 Å². The van der Waals surface area contributed by atoms with Crippen LogP contribution in [0.4, 0.5) is 5.69 Å². The number of nitrogens with zero attached hydrogens (tertiary/aromatic N) is 3. The average Bonchev–Trinajstić information content (AvgIpc) is 3.29. The van der Waals surface area contributed by atoms with E-state index in [0.717, 1.165) is 56.9 Å². The van der Waals surface area contributed by atoms with E-state index in [-0.39, 0.29) is 12.0 Å². The molecule has 0 saturated carbocycles. The number of aryl methyl sites for hydroxylation is 1. The lowest BCUT2D eigenvalue weighted by atomic mass is 10.2. The number of aromatic nitrogens is 1. The normalized spacial score (nSPS) is 21.0. The van der Waals surface area contributed by atoms with Crippen molar-refractivity contribution in [2.45, 2.75) is 32.3 Å². The van der Waals surface area contributed by atoms with Crippen molar-refractivity contribution >= 4 is 22.9 Å². The first kappa shape index (κ1) is 17.5. The van der Waals surface area contributed by atoms with Gasteiger partial charge in [0.1, 0.15) is 0 Å². The highest BCUT2D eigenvalue weighted by atomic mass is 32.1. The van der Waals surface area contributed by atoms with E-state index in [9.17, 15) is 4.79 Å². The zero-order valence-corrected chi connectivity index (χ0v) is 16.0. The number of hydrogen-bond acceptors (Lipinski definition) is 5. The molecule has 26 heavy (non-hydrogen) atoms. The first-order valence-electron chi connectivity index (χ1n) is 9.38. The van der Waals surface area contributed by atoms with E-state index in [4.69, 9.17) is 4.74 Å². The number of thiophene rings is 1. The quantitative estimate of drug-likeness (QED) is 0.826. The van der Waals surface area contributed by atoms with Crippen LogP contribution in [0.25, 0.3) is 0 Å². The molecule has 0 bridgehead atoms. The van der Waals surface area contributed by atoms with E-state index in [2.05, 4.69) is 28.9 Å². The second-order valence-corrected chi connectivity index (χ2v) is 8.11. The van der Waals surface area contributed by atoms with Gasteiger partial charge in [0.25, 0.3) is 5.91 Å². The molecule has 0 radical (unpaired) electrons. The summed E-state index contributed by atoms with van der Waals surface area (Å²) in [4.78, 5) is 23.5. The Bertz CT molecular complexity index is 770. The molecule has 5 nitrogen and oxygen atoms in total. The molecule has 4 rings (SSSR count). The van der Waals surface area contributed by atoms with Crippen LogP contribution in [0.15, 0.2) is 30.6 Å². The van der Waals surface area contributed by atoms with Crippen LogP contribution in [0, 0.1) is 6.92 Å². The monoisotopic (exact) mass is 371 g/mol. The molecule has 0 N–H and O–H groups in total. The second-order valence-electron chi connectivity index (χ2n) is 7.00. The summed E-state index contributed by atoms with van der Waals surface area (Å²) in [5.74, 6) is 0.160. The number of pyridine rings is 1. The van der Waals surface area contributed by atoms with Crippen molar-refractivity contribution in [3.63, 3.8) is 0 Å². The lowest BCUT2D eigenvalue weighted by Crippen LogP contribution is -2.35. The summed E-state index contributed by atoms with van der Waals surface area (Å²) in [6.07, 6.45) is 7.10. The van der Waals surface area contributed by atoms with Crippen LogP contribution >= 0.6 is 11.3 Å². The molecule has 0 unspecified atom stereocenters. The van der Waals surface area contributed by atoms with Gasteiger partial charge in [0.05, 0.1) is 11.0 Å². The van der Waals surface area contributed by atoms with E-state index in [1.54, 1.807) is 11.3 Å². The average molecular weight is 372 g/mol. The zero-order valence-electron chi connectivity index (χ0n) is 15.2. The van der Waals surface area contributed by atoms with Crippen molar-refractivity contribution in [3.05, 3.63) is 45.9 Å². The maximum absolute atomic E-state index is 13.0. The molecule has 2 aromatic rings. The second kappa shape index (κ2) is 7.76. The number of carbonyl (C=O) groups is 1. The molecule has 2 saturated heterocycles. The maximum atomic E-state index is 13.0. The van der Waals surface area contributed by atoms with Crippen LogP contribution in [0.3, 0.4) is 0 Å². The molecule has 0 spiro atoms. The summed E-state index contributed by atoms with van der Waals surface area (Å²) in [7, 11) is 0. The number of anilines is 1. The summed E-state index contributed by atoms with van der Waals surface area (Å²) in [5.41, 5.74) is 2.41. The van der Waals surface area contributed by atoms with Gasteiger partial charge < -0.3 is 14.5 Å². The lowest BCUT2D eigenvalue weighted by molar-refractivity contribution is 0.0772. The fraction of sp³-hybridized carbons (Fsp3) is 0.500. The zero-order chi connectivity index (χ0) is 17.9. The van der Waals surface area contributed by atoms with Crippen LogP contribution < -0.4 is 4.90 Å². The first-order valence-corrected chi connectivity index (χ1v) is 10.2. The Hall–Kier alpha value is -1.92. The van der Waals surface area contributed by atoms with Gasteiger partial charge in [-0.2, -0.15) is 0 Å². The lowest BCUT2D eigenvalue weighted by Gasteiger charge is -2.24. The number of amides is 1. The van der Waals surface area contributed by atoms with Gasteiger partial charge in [0.15, 0.2) is 0 Å².